The largest absolute Gasteiger partial charge is 0.433 e. The molecule has 0 unspecified atom stereocenters. The van der Waals surface area contributed by atoms with Gasteiger partial charge in [0.1, 0.15) is 0 Å². The van der Waals surface area contributed by atoms with Gasteiger partial charge in [-0.2, -0.15) is 0 Å². The lowest BCUT2D eigenvalue weighted by Gasteiger charge is -1.96. The molecule has 0 bridgehead atoms. The van der Waals surface area contributed by atoms with Crippen LogP contribution in [0.1, 0.15) is 13.3 Å². The molecule has 0 aliphatic rings. The molecule has 0 N–H and O–H groups in total. The summed E-state index contributed by atoms with van der Waals surface area (Å²) in [6, 6.07) is 0. The zero-order valence-electron chi connectivity index (χ0n) is 5.51. The molecular weight excluding hydrogens is 264 g/mol. The molecule has 4 heteroatoms. The van der Waals surface area contributed by atoms with Crippen LogP contribution in [-0.2, 0) is 9.53 Å². The Morgan fingerprint density at radius 3 is 2.70 bits per heavy atom. The Bertz CT molecular complexity index is 132. The smallest absolute Gasteiger partial charge is 0.335 e. The van der Waals surface area contributed by atoms with Crippen LogP contribution in [0.3, 0.4) is 0 Å². The second kappa shape index (κ2) is 5.92. The Hall–Kier alpha value is 0.170. The van der Waals surface area contributed by atoms with Crippen LogP contribution in [0, 0.1) is 0 Å². The summed E-state index contributed by atoms with van der Waals surface area (Å²) in [4.78, 5) is 10.7. The van der Waals surface area contributed by atoms with Crippen molar-refractivity contribution in [1.82, 2.24) is 0 Å². The predicted octanol–water partition coefficient (Wildman–Crippen LogP) is 2.57. The number of esters is 1. The van der Waals surface area contributed by atoms with Crippen molar-refractivity contribution in [2.75, 3.05) is 0 Å². The molecule has 0 aliphatic heterocycles. The molecule has 0 heterocycles. The second-order valence-electron chi connectivity index (χ2n) is 1.52. The van der Waals surface area contributed by atoms with Crippen LogP contribution in [0.5, 0.6) is 0 Å². The van der Waals surface area contributed by atoms with Gasteiger partial charge >= 0.3 is 5.97 Å². The summed E-state index contributed by atoms with van der Waals surface area (Å²) in [5, 5.41) is 0. The highest BCUT2D eigenvalue weighted by Gasteiger charge is 2.09. The first kappa shape index (κ1) is 10.2. The van der Waals surface area contributed by atoms with Gasteiger partial charge in [0.05, 0.1) is 6.26 Å². The fourth-order valence-electron chi connectivity index (χ4n) is 0.263. The summed E-state index contributed by atoms with van der Waals surface area (Å²) in [5.74, 6) is -0.343. The third kappa shape index (κ3) is 4.99. The van der Waals surface area contributed by atoms with Crippen molar-refractivity contribution in [2.45, 2.75) is 17.1 Å². The van der Waals surface area contributed by atoms with Gasteiger partial charge in [-0.05, 0) is 12.5 Å². The van der Waals surface area contributed by atoms with Crippen molar-refractivity contribution in [2.24, 2.45) is 0 Å². The second-order valence-corrected chi connectivity index (χ2v) is 4.58. The topological polar surface area (TPSA) is 26.3 Å². The van der Waals surface area contributed by atoms with E-state index in [0.29, 0.717) is 0 Å². The number of rotatable bonds is 3. The molecular formula is C6H8Br2O2. The van der Waals surface area contributed by atoms with Gasteiger partial charge in [0, 0.05) is 0 Å². The van der Waals surface area contributed by atoms with E-state index in [9.17, 15) is 4.79 Å². The highest BCUT2D eigenvalue weighted by atomic mass is 79.9. The molecule has 0 atom stereocenters. The average Bonchev–Trinajstić information content (AvgIpc) is 1.88. The van der Waals surface area contributed by atoms with E-state index in [1.807, 2.05) is 6.92 Å². The number of hydrogen-bond donors (Lipinski definition) is 0. The maximum Gasteiger partial charge on any atom is 0.335 e. The molecule has 0 saturated carbocycles. The van der Waals surface area contributed by atoms with E-state index in [0.717, 1.165) is 6.42 Å². The average molecular weight is 272 g/mol. The lowest BCUT2D eigenvalue weighted by molar-refractivity contribution is -0.135. The minimum atomic E-state index is -0.415. The van der Waals surface area contributed by atoms with Gasteiger partial charge in [-0.25, -0.2) is 4.79 Å². The molecule has 0 radical (unpaired) electrons. The van der Waals surface area contributed by atoms with Crippen molar-refractivity contribution in [3.05, 3.63) is 12.3 Å². The Labute approximate surface area is 76.9 Å². The van der Waals surface area contributed by atoms with E-state index in [1.54, 1.807) is 6.08 Å². The maximum absolute atomic E-state index is 10.7. The quantitative estimate of drug-likeness (QED) is 0.448. The van der Waals surface area contributed by atoms with Crippen LogP contribution in [0.25, 0.3) is 0 Å². The van der Waals surface area contributed by atoms with Crippen molar-refractivity contribution in [3.8, 4) is 0 Å². The van der Waals surface area contributed by atoms with Crippen molar-refractivity contribution >= 4 is 37.8 Å². The van der Waals surface area contributed by atoms with E-state index in [2.05, 4.69) is 36.6 Å². The van der Waals surface area contributed by atoms with E-state index in [1.165, 1.54) is 6.26 Å². The van der Waals surface area contributed by atoms with Crippen LogP contribution in [-0.4, -0.2) is 9.71 Å². The Morgan fingerprint density at radius 2 is 2.30 bits per heavy atom. The van der Waals surface area contributed by atoms with Crippen LogP contribution in [0.2, 0.25) is 0 Å². The minimum Gasteiger partial charge on any atom is -0.433 e. The molecule has 0 spiro atoms. The first-order valence-corrected chi connectivity index (χ1v) is 4.65. The summed E-state index contributed by atoms with van der Waals surface area (Å²) < 4.78 is 4.22. The summed E-state index contributed by atoms with van der Waals surface area (Å²) in [7, 11) is 0. The number of halogens is 2. The maximum atomic E-state index is 10.7. The molecule has 0 saturated heterocycles. The van der Waals surface area contributed by atoms with Gasteiger partial charge in [-0.1, -0.05) is 38.8 Å². The van der Waals surface area contributed by atoms with Crippen LogP contribution in [0.15, 0.2) is 12.3 Å². The summed E-state index contributed by atoms with van der Waals surface area (Å²) in [6.45, 7) is 1.96. The van der Waals surface area contributed by atoms with Crippen molar-refractivity contribution in [1.29, 1.82) is 0 Å². The number of ether oxygens (including phenoxy) is 1. The Kier molecular flexibility index (Phi) is 6.02. The number of carbonyl (C=O) groups excluding carboxylic acids is 1. The number of allylic oxidation sites excluding steroid dienone is 1. The minimum absolute atomic E-state index is 0.343. The number of alkyl halides is 2. The molecule has 58 valence electrons. The van der Waals surface area contributed by atoms with Gasteiger partial charge in [-0.3, -0.25) is 0 Å². The van der Waals surface area contributed by atoms with Gasteiger partial charge in [0.15, 0.2) is 3.74 Å². The fourth-order valence-corrected chi connectivity index (χ4v) is 0.479. The van der Waals surface area contributed by atoms with E-state index >= 15 is 0 Å². The predicted molar refractivity (Wildman–Crippen MR) is 47.2 cm³/mol. The fraction of sp³-hybridized carbons (Fsp3) is 0.500. The highest BCUT2D eigenvalue weighted by molar-refractivity contribution is 9.25. The highest BCUT2D eigenvalue weighted by Crippen LogP contribution is 2.09. The van der Waals surface area contributed by atoms with E-state index < -0.39 is 3.74 Å². The molecule has 0 fully saturated rings. The first-order chi connectivity index (χ1) is 4.68. The van der Waals surface area contributed by atoms with Crippen molar-refractivity contribution < 1.29 is 9.53 Å². The number of hydrogen-bond acceptors (Lipinski definition) is 2. The Morgan fingerprint density at radius 1 is 1.70 bits per heavy atom. The van der Waals surface area contributed by atoms with E-state index in [-0.39, 0.29) is 5.97 Å². The lowest BCUT2D eigenvalue weighted by atomic mass is 10.5. The van der Waals surface area contributed by atoms with Crippen LogP contribution in [0.4, 0.5) is 0 Å². The molecule has 2 nitrogen and oxygen atoms in total. The van der Waals surface area contributed by atoms with Gasteiger partial charge in [0.2, 0.25) is 0 Å². The molecule has 10 heavy (non-hydrogen) atoms. The molecule has 0 aromatic rings. The standard InChI is InChI=1S/C6H8Br2O2/c1-2-3-4-10-6(9)5(7)8/h3-5H,2H2,1H3/b4-3+. The zero-order chi connectivity index (χ0) is 7.98. The summed E-state index contributed by atoms with van der Waals surface area (Å²) in [5.41, 5.74) is 0. The zero-order valence-corrected chi connectivity index (χ0v) is 8.68. The monoisotopic (exact) mass is 270 g/mol. The van der Waals surface area contributed by atoms with E-state index in [4.69, 9.17) is 0 Å². The Balaban J connectivity index is 3.49. The van der Waals surface area contributed by atoms with Crippen molar-refractivity contribution in [3.63, 3.8) is 0 Å². The summed E-state index contributed by atoms with van der Waals surface area (Å²) in [6.07, 6.45) is 4.01. The normalized spacial score (nSPS) is 10.8. The lowest BCUT2D eigenvalue weighted by Crippen LogP contribution is -2.07. The molecule has 0 aromatic heterocycles. The molecule has 0 aromatic carbocycles. The summed E-state index contributed by atoms with van der Waals surface area (Å²) >= 11 is 6.00. The van der Waals surface area contributed by atoms with Crippen LogP contribution < -0.4 is 0 Å². The SMILES string of the molecule is CC/C=C/OC(=O)C(Br)Br. The number of carbonyl (C=O) groups is 1. The van der Waals surface area contributed by atoms with Gasteiger partial charge < -0.3 is 4.74 Å². The third-order valence-electron chi connectivity index (χ3n) is 0.694. The first-order valence-electron chi connectivity index (χ1n) is 2.82. The molecule has 0 aliphatic carbocycles. The van der Waals surface area contributed by atoms with Gasteiger partial charge in [0.25, 0.3) is 0 Å². The van der Waals surface area contributed by atoms with Gasteiger partial charge in [-0.15, -0.1) is 0 Å². The molecule has 0 rings (SSSR count). The van der Waals surface area contributed by atoms with Crippen LogP contribution >= 0.6 is 31.9 Å². The third-order valence-corrected chi connectivity index (χ3v) is 1.44. The molecule has 0 amide bonds.